The van der Waals surface area contributed by atoms with E-state index in [9.17, 15) is 0 Å². The number of hydrogen-bond donors (Lipinski definition) is 0. The van der Waals surface area contributed by atoms with Gasteiger partial charge in [0, 0.05) is 14.7 Å². The fraction of sp³-hybridized carbons (Fsp3) is 0.231. The third kappa shape index (κ3) is 3.47. The molecule has 0 aliphatic rings. The maximum absolute atomic E-state index is 6.40. The number of hydrogen-bond acceptors (Lipinski definition) is 2. The first-order valence-corrected chi connectivity index (χ1v) is 7.31. The highest BCUT2D eigenvalue weighted by Crippen LogP contribution is 2.33. The van der Waals surface area contributed by atoms with Crippen LogP contribution >= 0.6 is 38.9 Å². The van der Waals surface area contributed by atoms with Crippen molar-refractivity contribution in [3.8, 4) is 5.75 Å². The third-order valence-electron chi connectivity index (χ3n) is 2.44. The Hall–Kier alpha value is -0.510. The van der Waals surface area contributed by atoms with Crippen LogP contribution in [0.15, 0.2) is 40.2 Å². The first kappa shape index (κ1) is 12.9. The van der Waals surface area contributed by atoms with E-state index in [1.807, 2.05) is 23.6 Å². The number of alkyl halides is 1. The number of ether oxygens (including phenoxy) is 1. The van der Waals surface area contributed by atoms with Crippen LogP contribution in [-0.4, -0.2) is 7.11 Å². The largest absolute Gasteiger partial charge is 0.496 e. The van der Waals surface area contributed by atoms with Crippen LogP contribution in [0, 0.1) is 0 Å². The highest BCUT2D eigenvalue weighted by atomic mass is 79.9. The molecule has 1 atom stereocenters. The van der Waals surface area contributed by atoms with Crippen LogP contribution in [-0.2, 0) is 6.42 Å². The predicted molar refractivity (Wildman–Crippen MR) is 77.3 cm³/mol. The van der Waals surface area contributed by atoms with Gasteiger partial charge in [0.1, 0.15) is 5.75 Å². The lowest BCUT2D eigenvalue weighted by Gasteiger charge is -2.07. The van der Waals surface area contributed by atoms with Crippen LogP contribution in [0.25, 0.3) is 0 Å². The lowest BCUT2D eigenvalue weighted by atomic mass is 10.1. The molecule has 1 nitrogen and oxygen atoms in total. The number of thiophene rings is 1. The van der Waals surface area contributed by atoms with Gasteiger partial charge in [-0.2, -0.15) is 0 Å². The normalized spacial score (nSPS) is 12.4. The Morgan fingerprint density at radius 1 is 1.41 bits per heavy atom. The summed E-state index contributed by atoms with van der Waals surface area (Å²) in [6.07, 6.45) is 0.824. The van der Waals surface area contributed by atoms with Crippen LogP contribution in [0.5, 0.6) is 5.75 Å². The number of rotatable bonds is 4. The fourth-order valence-electron chi connectivity index (χ4n) is 1.58. The summed E-state index contributed by atoms with van der Waals surface area (Å²) in [6.45, 7) is 0. The zero-order valence-corrected chi connectivity index (χ0v) is 12.5. The molecule has 0 radical (unpaired) electrons. The fourth-order valence-corrected chi connectivity index (χ4v) is 3.25. The number of benzene rings is 1. The quantitative estimate of drug-likeness (QED) is 0.713. The van der Waals surface area contributed by atoms with Crippen LogP contribution in [0.3, 0.4) is 0 Å². The zero-order valence-electron chi connectivity index (χ0n) is 9.32. The zero-order chi connectivity index (χ0) is 12.3. The van der Waals surface area contributed by atoms with E-state index in [0.717, 1.165) is 21.5 Å². The molecule has 1 heterocycles. The molecule has 1 aromatic carbocycles. The van der Waals surface area contributed by atoms with Gasteiger partial charge in [-0.3, -0.25) is 0 Å². The molecule has 1 aromatic heterocycles. The Kier molecular flexibility index (Phi) is 4.48. The molecular formula is C13H12BrClOS. The first-order chi connectivity index (χ1) is 8.19. The topological polar surface area (TPSA) is 9.23 Å². The van der Waals surface area contributed by atoms with E-state index in [1.54, 1.807) is 18.4 Å². The van der Waals surface area contributed by atoms with Gasteiger partial charge in [0.05, 0.1) is 12.5 Å². The maximum atomic E-state index is 6.40. The van der Waals surface area contributed by atoms with Gasteiger partial charge in [-0.1, -0.05) is 28.1 Å². The van der Waals surface area contributed by atoms with Crippen molar-refractivity contribution in [2.45, 2.75) is 11.8 Å². The minimum absolute atomic E-state index is 0.00167. The molecule has 1 unspecified atom stereocenters. The van der Waals surface area contributed by atoms with Crippen molar-refractivity contribution in [3.63, 3.8) is 0 Å². The van der Waals surface area contributed by atoms with Gasteiger partial charge in [0.2, 0.25) is 0 Å². The Bertz CT molecular complexity index is 498. The Morgan fingerprint density at radius 2 is 2.24 bits per heavy atom. The second-order valence-electron chi connectivity index (χ2n) is 3.69. The summed E-state index contributed by atoms with van der Waals surface area (Å²) < 4.78 is 6.24. The van der Waals surface area contributed by atoms with Gasteiger partial charge >= 0.3 is 0 Å². The van der Waals surface area contributed by atoms with Crippen molar-refractivity contribution in [2.75, 3.05) is 7.11 Å². The molecule has 0 saturated carbocycles. The van der Waals surface area contributed by atoms with E-state index in [-0.39, 0.29) is 5.38 Å². The van der Waals surface area contributed by atoms with Gasteiger partial charge in [-0.05, 0) is 30.2 Å². The average Bonchev–Trinajstić information content (AvgIpc) is 2.77. The van der Waals surface area contributed by atoms with Gasteiger partial charge in [-0.25, -0.2) is 0 Å². The van der Waals surface area contributed by atoms with Crippen molar-refractivity contribution < 1.29 is 4.74 Å². The Balaban J connectivity index is 2.08. The molecule has 0 fully saturated rings. The minimum Gasteiger partial charge on any atom is -0.496 e. The van der Waals surface area contributed by atoms with Crippen molar-refractivity contribution in [2.24, 2.45) is 0 Å². The molecule has 0 N–H and O–H groups in total. The van der Waals surface area contributed by atoms with Gasteiger partial charge in [0.25, 0.3) is 0 Å². The first-order valence-electron chi connectivity index (χ1n) is 5.20. The second kappa shape index (κ2) is 5.89. The average molecular weight is 332 g/mol. The predicted octanol–water partition coefficient (Wildman–Crippen LogP) is 5.04. The van der Waals surface area contributed by atoms with Crippen LogP contribution < -0.4 is 4.74 Å². The highest BCUT2D eigenvalue weighted by molar-refractivity contribution is 9.10. The van der Waals surface area contributed by atoms with Gasteiger partial charge < -0.3 is 4.74 Å². The molecule has 2 rings (SSSR count). The van der Waals surface area contributed by atoms with E-state index in [2.05, 4.69) is 28.1 Å². The molecule has 90 valence electrons. The van der Waals surface area contributed by atoms with Crippen LogP contribution in [0.1, 0.15) is 15.8 Å². The summed E-state index contributed by atoms with van der Waals surface area (Å²) >= 11 is 11.5. The van der Waals surface area contributed by atoms with Crippen LogP contribution in [0.4, 0.5) is 0 Å². The molecule has 0 saturated heterocycles. The molecule has 0 aliphatic carbocycles. The molecule has 0 aliphatic heterocycles. The Labute approximate surface area is 119 Å². The van der Waals surface area contributed by atoms with Crippen molar-refractivity contribution >= 4 is 38.9 Å². The molecule has 0 bridgehead atoms. The highest BCUT2D eigenvalue weighted by Gasteiger charge is 2.12. The van der Waals surface area contributed by atoms with E-state index >= 15 is 0 Å². The smallest absolute Gasteiger partial charge is 0.129 e. The summed E-state index contributed by atoms with van der Waals surface area (Å²) in [5.74, 6) is 0.880. The summed E-state index contributed by atoms with van der Waals surface area (Å²) in [5, 5.41) is 1.98. The number of halogens is 2. The lowest BCUT2D eigenvalue weighted by Crippen LogP contribution is -1.93. The minimum atomic E-state index is -0.00167. The molecule has 2 aromatic rings. The summed E-state index contributed by atoms with van der Waals surface area (Å²) in [7, 11) is 1.67. The SMILES string of the molecule is COc1csc(C(Cl)Cc2cccc(Br)c2)c1. The summed E-state index contributed by atoms with van der Waals surface area (Å²) in [5.41, 5.74) is 1.23. The molecule has 0 spiro atoms. The molecule has 17 heavy (non-hydrogen) atoms. The van der Waals surface area contributed by atoms with Gasteiger partial charge in [0.15, 0.2) is 0 Å². The van der Waals surface area contributed by atoms with Gasteiger partial charge in [-0.15, -0.1) is 22.9 Å². The molecular weight excluding hydrogens is 320 g/mol. The van der Waals surface area contributed by atoms with E-state index in [4.69, 9.17) is 16.3 Å². The van der Waals surface area contributed by atoms with Crippen molar-refractivity contribution in [3.05, 3.63) is 50.6 Å². The lowest BCUT2D eigenvalue weighted by molar-refractivity contribution is 0.416. The Morgan fingerprint density at radius 3 is 2.88 bits per heavy atom. The molecule has 0 amide bonds. The second-order valence-corrected chi connectivity index (χ2v) is 6.08. The number of methoxy groups -OCH3 is 1. The summed E-state index contributed by atoms with van der Waals surface area (Å²) in [6, 6.07) is 10.2. The molecule has 4 heteroatoms. The monoisotopic (exact) mass is 330 g/mol. The van der Waals surface area contributed by atoms with Crippen molar-refractivity contribution in [1.29, 1.82) is 0 Å². The summed E-state index contributed by atoms with van der Waals surface area (Å²) in [4.78, 5) is 1.14. The maximum Gasteiger partial charge on any atom is 0.129 e. The standard InChI is InChI=1S/C13H12BrClOS/c1-16-11-7-13(17-8-11)12(15)6-9-3-2-4-10(14)5-9/h2-5,7-8,12H,6H2,1H3. The van der Waals surface area contributed by atoms with Crippen molar-refractivity contribution in [1.82, 2.24) is 0 Å². The van der Waals surface area contributed by atoms with E-state index in [1.165, 1.54) is 5.56 Å². The van der Waals surface area contributed by atoms with Crippen LogP contribution in [0.2, 0.25) is 0 Å². The van der Waals surface area contributed by atoms with E-state index < -0.39 is 0 Å². The third-order valence-corrected chi connectivity index (χ3v) is 4.48. The van der Waals surface area contributed by atoms with E-state index in [0.29, 0.717) is 0 Å².